The van der Waals surface area contributed by atoms with Gasteiger partial charge in [0.05, 0.1) is 6.42 Å². The zero-order valence-electron chi connectivity index (χ0n) is 6.53. The monoisotopic (exact) mass is 168 g/mol. The van der Waals surface area contributed by atoms with Gasteiger partial charge in [-0.2, -0.15) is 13.2 Å². The standard InChI is InChI=1S/C7H11F3O/c1-3-6(2,5-11)4-7(8,9)10/h5H,3-4H2,1-2H3. The van der Waals surface area contributed by atoms with Gasteiger partial charge in [0.1, 0.15) is 6.29 Å². The molecular formula is C7H11F3O. The van der Waals surface area contributed by atoms with Crippen LogP contribution in [0.4, 0.5) is 13.2 Å². The molecule has 0 bridgehead atoms. The van der Waals surface area contributed by atoms with Gasteiger partial charge in [0.2, 0.25) is 0 Å². The normalized spacial score (nSPS) is 17.5. The molecule has 0 rings (SSSR count). The first-order valence-electron chi connectivity index (χ1n) is 3.36. The van der Waals surface area contributed by atoms with Crippen molar-refractivity contribution in [3.63, 3.8) is 0 Å². The van der Waals surface area contributed by atoms with Gasteiger partial charge in [-0.3, -0.25) is 0 Å². The lowest BCUT2D eigenvalue weighted by Gasteiger charge is -2.21. The fraction of sp³-hybridized carbons (Fsp3) is 0.857. The maximum absolute atomic E-state index is 11.8. The van der Waals surface area contributed by atoms with E-state index in [4.69, 9.17) is 0 Å². The van der Waals surface area contributed by atoms with E-state index in [0.29, 0.717) is 6.29 Å². The van der Waals surface area contributed by atoms with Crippen LogP contribution in [-0.4, -0.2) is 12.5 Å². The number of alkyl halides is 3. The van der Waals surface area contributed by atoms with Crippen LogP contribution in [0.5, 0.6) is 0 Å². The minimum atomic E-state index is -4.24. The molecule has 0 fully saturated rings. The van der Waals surface area contributed by atoms with Gasteiger partial charge in [0.15, 0.2) is 0 Å². The number of hydrogen-bond donors (Lipinski definition) is 0. The summed E-state index contributed by atoms with van der Waals surface area (Å²) in [5.41, 5.74) is -1.24. The summed E-state index contributed by atoms with van der Waals surface area (Å²) in [6.07, 6.45) is -4.68. The Morgan fingerprint density at radius 3 is 1.91 bits per heavy atom. The van der Waals surface area contributed by atoms with Gasteiger partial charge in [0, 0.05) is 5.41 Å². The van der Waals surface area contributed by atoms with Crippen LogP contribution in [0.2, 0.25) is 0 Å². The van der Waals surface area contributed by atoms with Crippen LogP contribution >= 0.6 is 0 Å². The minimum Gasteiger partial charge on any atom is -0.303 e. The molecule has 0 spiro atoms. The van der Waals surface area contributed by atoms with Crippen LogP contribution in [0.25, 0.3) is 0 Å². The van der Waals surface area contributed by atoms with Gasteiger partial charge in [-0.1, -0.05) is 13.8 Å². The van der Waals surface area contributed by atoms with Gasteiger partial charge in [0.25, 0.3) is 0 Å². The molecule has 0 aromatic carbocycles. The van der Waals surface area contributed by atoms with Crippen molar-refractivity contribution >= 4 is 6.29 Å². The molecule has 0 aliphatic heterocycles. The highest BCUT2D eigenvalue weighted by Gasteiger charge is 2.37. The maximum atomic E-state index is 11.8. The highest BCUT2D eigenvalue weighted by atomic mass is 19.4. The Bertz CT molecular complexity index is 141. The highest BCUT2D eigenvalue weighted by molar-refractivity contribution is 5.58. The van der Waals surface area contributed by atoms with Crippen LogP contribution < -0.4 is 0 Å². The summed E-state index contributed by atoms with van der Waals surface area (Å²) in [6.45, 7) is 2.88. The van der Waals surface area contributed by atoms with Crippen molar-refractivity contribution < 1.29 is 18.0 Å². The lowest BCUT2D eigenvalue weighted by molar-refractivity contribution is -0.160. The maximum Gasteiger partial charge on any atom is 0.390 e. The first-order chi connectivity index (χ1) is 4.83. The Hall–Kier alpha value is -0.540. The van der Waals surface area contributed by atoms with Crippen molar-refractivity contribution in [2.24, 2.45) is 5.41 Å². The summed E-state index contributed by atoms with van der Waals surface area (Å²) in [5.74, 6) is 0. The molecule has 1 unspecified atom stereocenters. The molecule has 1 atom stereocenters. The Kier molecular flexibility index (Phi) is 3.08. The average molecular weight is 168 g/mol. The van der Waals surface area contributed by atoms with Crippen LogP contribution in [0, 0.1) is 5.41 Å². The molecule has 0 N–H and O–H groups in total. The van der Waals surface area contributed by atoms with Gasteiger partial charge in [-0.15, -0.1) is 0 Å². The molecule has 0 saturated heterocycles. The predicted octanol–water partition coefficient (Wildman–Crippen LogP) is 2.55. The van der Waals surface area contributed by atoms with Gasteiger partial charge in [-0.05, 0) is 6.42 Å². The Morgan fingerprint density at radius 1 is 1.36 bits per heavy atom. The molecule has 0 aliphatic rings. The van der Waals surface area contributed by atoms with Crippen molar-refractivity contribution in [3.8, 4) is 0 Å². The van der Waals surface area contributed by atoms with E-state index < -0.39 is 18.0 Å². The van der Waals surface area contributed by atoms with Crippen LogP contribution in [0.1, 0.15) is 26.7 Å². The first-order valence-corrected chi connectivity index (χ1v) is 3.36. The second-order valence-corrected chi connectivity index (χ2v) is 2.92. The number of carbonyl (C=O) groups is 1. The third kappa shape index (κ3) is 4.01. The number of aldehydes is 1. The Balaban J connectivity index is 4.19. The van der Waals surface area contributed by atoms with Crippen molar-refractivity contribution in [1.82, 2.24) is 0 Å². The molecule has 11 heavy (non-hydrogen) atoms. The molecule has 0 heterocycles. The second-order valence-electron chi connectivity index (χ2n) is 2.92. The third-order valence-corrected chi connectivity index (χ3v) is 1.70. The Labute approximate surface area is 63.6 Å². The minimum absolute atomic E-state index is 0.218. The molecule has 0 radical (unpaired) electrons. The van der Waals surface area contributed by atoms with Crippen LogP contribution in [0.15, 0.2) is 0 Å². The molecule has 4 heteroatoms. The van der Waals surface area contributed by atoms with E-state index in [1.807, 2.05) is 0 Å². The number of carbonyl (C=O) groups excluding carboxylic acids is 1. The summed E-state index contributed by atoms with van der Waals surface area (Å²) in [7, 11) is 0. The predicted molar refractivity (Wildman–Crippen MR) is 35.1 cm³/mol. The van der Waals surface area contributed by atoms with E-state index in [2.05, 4.69) is 0 Å². The fourth-order valence-corrected chi connectivity index (χ4v) is 0.708. The fourth-order valence-electron chi connectivity index (χ4n) is 0.708. The lowest BCUT2D eigenvalue weighted by atomic mass is 9.86. The van der Waals surface area contributed by atoms with Gasteiger partial charge in [-0.25, -0.2) is 0 Å². The summed E-state index contributed by atoms with van der Waals surface area (Å²) >= 11 is 0. The van der Waals surface area contributed by atoms with Crippen molar-refractivity contribution in [2.45, 2.75) is 32.9 Å². The molecule has 0 aromatic heterocycles. The van der Waals surface area contributed by atoms with E-state index >= 15 is 0 Å². The van der Waals surface area contributed by atoms with E-state index in [-0.39, 0.29) is 6.42 Å². The summed E-state index contributed by atoms with van der Waals surface area (Å²) in [5, 5.41) is 0. The van der Waals surface area contributed by atoms with E-state index in [9.17, 15) is 18.0 Å². The van der Waals surface area contributed by atoms with Crippen molar-refractivity contribution in [1.29, 1.82) is 0 Å². The molecule has 0 aliphatic carbocycles. The van der Waals surface area contributed by atoms with Crippen molar-refractivity contribution in [3.05, 3.63) is 0 Å². The topological polar surface area (TPSA) is 17.1 Å². The molecule has 0 aromatic rings. The zero-order chi connectivity index (χ0) is 9.12. The Morgan fingerprint density at radius 2 is 1.82 bits per heavy atom. The largest absolute Gasteiger partial charge is 0.390 e. The van der Waals surface area contributed by atoms with Crippen LogP contribution in [-0.2, 0) is 4.79 Å². The van der Waals surface area contributed by atoms with Gasteiger partial charge < -0.3 is 4.79 Å². The number of rotatable bonds is 3. The second kappa shape index (κ2) is 3.24. The molecule has 0 saturated carbocycles. The summed E-state index contributed by atoms with van der Waals surface area (Å²) < 4.78 is 35.3. The zero-order valence-corrected chi connectivity index (χ0v) is 6.53. The van der Waals surface area contributed by atoms with Gasteiger partial charge >= 0.3 is 6.18 Å². The van der Waals surface area contributed by atoms with Crippen molar-refractivity contribution in [2.75, 3.05) is 0 Å². The highest BCUT2D eigenvalue weighted by Crippen LogP contribution is 2.33. The van der Waals surface area contributed by atoms with Crippen LogP contribution in [0.3, 0.4) is 0 Å². The quantitative estimate of drug-likeness (QED) is 0.592. The summed E-state index contributed by atoms with van der Waals surface area (Å²) in [6, 6.07) is 0. The van der Waals surface area contributed by atoms with E-state index in [0.717, 1.165) is 0 Å². The summed E-state index contributed by atoms with van der Waals surface area (Å²) in [4.78, 5) is 10.2. The number of halogens is 3. The number of hydrogen-bond acceptors (Lipinski definition) is 1. The third-order valence-electron chi connectivity index (χ3n) is 1.70. The molecule has 0 amide bonds. The first kappa shape index (κ1) is 10.5. The average Bonchev–Trinajstić information content (AvgIpc) is 1.84. The SMILES string of the molecule is CCC(C)(C=O)CC(F)(F)F. The molecule has 1 nitrogen and oxygen atoms in total. The molecular weight excluding hydrogens is 157 g/mol. The molecule has 66 valence electrons. The van der Waals surface area contributed by atoms with E-state index in [1.165, 1.54) is 6.92 Å². The lowest BCUT2D eigenvalue weighted by Crippen LogP contribution is -2.25. The van der Waals surface area contributed by atoms with E-state index in [1.54, 1.807) is 6.92 Å². The smallest absolute Gasteiger partial charge is 0.303 e.